The number of ether oxygens (including phenoxy) is 2. The summed E-state index contributed by atoms with van der Waals surface area (Å²) in [5, 5.41) is 0. The molecule has 0 saturated heterocycles. The molecule has 3 heteroatoms. The third kappa shape index (κ3) is 2.39. The maximum Gasteiger partial charge on any atom is 0.164 e. The molecule has 0 radical (unpaired) electrons. The Balaban J connectivity index is 3.00. The summed E-state index contributed by atoms with van der Waals surface area (Å²) in [6.07, 6.45) is 0.812. The molecule has 0 aliphatic carbocycles. The molecular weight excluding hydrogens is 178 g/mol. The van der Waals surface area contributed by atoms with Gasteiger partial charge in [0.25, 0.3) is 0 Å². The lowest BCUT2D eigenvalue weighted by molar-refractivity contribution is 0.307. The third-order valence-electron chi connectivity index (χ3n) is 1.98. The van der Waals surface area contributed by atoms with Gasteiger partial charge in [0, 0.05) is 0 Å². The number of nitrogens with two attached hydrogens (primary N) is 1. The van der Waals surface area contributed by atoms with Gasteiger partial charge in [-0.15, -0.1) is 0 Å². The average Bonchev–Trinajstić information content (AvgIpc) is 2.21. The molecule has 0 bridgehead atoms. The van der Waals surface area contributed by atoms with Crippen molar-refractivity contribution < 1.29 is 9.47 Å². The minimum absolute atomic E-state index is 0.618. The topological polar surface area (TPSA) is 44.5 Å². The highest BCUT2D eigenvalue weighted by Crippen LogP contribution is 2.31. The quantitative estimate of drug-likeness (QED) is 0.776. The van der Waals surface area contributed by atoms with E-state index in [-0.39, 0.29) is 0 Å². The summed E-state index contributed by atoms with van der Waals surface area (Å²) < 4.78 is 10.8. The highest BCUT2D eigenvalue weighted by Gasteiger charge is 2.08. The van der Waals surface area contributed by atoms with Crippen LogP contribution in [0.3, 0.4) is 0 Å². The van der Waals surface area contributed by atoms with Crippen LogP contribution in [0.25, 0.3) is 0 Å². The summed E-state index contributed by atoms with van der Waals surface area (Å²) in [4.78, 5) is 0. The molecule has 0 saturated carbocycles. The summed E-state index contributed by atoms with van der Waals surface area (Å²) in [6.45, 7) is 3.21. The fourth-order valence-electron chi connectivity index (χ4n) is 1.38. The van der Waals surface area contributed by atoms with Gasteiger partial charge in [0.15, 0.2) is 11.5 Å². The molecule has 1 aromatic carbocycles. The largest absolute Gasteiger partial charge is 0.493 e. The molecule has 14 heavy (non-hydrogen) atoms. The van der Waals surface area contributed by atoms with Crippen LogP contribution < -0.4 is 15.2 Å². The van der Waals surface area contributed by atoms with Gasteiger partial charge >= 0.3 is 0 Å². The number of hydrogen-bond acceptors (Lipinski definition) is 3. The minimum atomic E-state index is 0.618. The summed E-state index contributed by atoms with van der Waals surface area (Å²) >= 11 is 0. The standard InChI is InChI=1S/C11H17NO2/c1-3-14-11-9(7-8-12)5-4-6-10(11)13-2/h4-6H,3,7-8,12H2,1-2H3. The second kappa shape index (κ2) is 5.50. The van der Waals surface area contributed by atoms with E-state index >= 15 is 0 Å². The summed E-state index contributed by atoms with van der Waals surface area (Å²) in [7, 11) is 1.64. The van der Waals surface area contributed by atoms with Crippen LogP contribution in [0.15, 0.2) is 18.2 Å². The van der Waals surface area contributed by atoms with Crippen molar-refractivity contribution in [2.75, 3.05) is 20.3 Å². The Labute approximate surface area is 84.8 Å². The van der Waals surface area contributed by atoms with Crippen LogP contribution >= 0.6 is 0 Å². The molecule has 0 heterocycles. The van der Waals surface area contributed by atoms with Gasteiger partial charge in [0.05, 0.1) is 13.7 Å². The van der Waals surface area contributed by atoms with Crippen LogP contribution in [-0.4, -0.2) is 20.3 Å². The van der Waals surface area contributed by atoms with Crippen LogP contribution in [0, 0.1) is 0 Å². The first-order valence-corrected chi connectivity index (χ1v) is 4.82. The smallest absolute Gasteiger partial charge is 0.164 e. The Bertz CT molecular complexity index is 287. The molecule has 0 aliphatic heterocycles. The minimum Gasteiger partial charge on any atom is -0.493 e. The van der Waals surface area contributed by atoms with Gasteiger partial charge in [-0.2, -0.15) is 0 Å². The molecule has 0 fully saturated rings. The number of hydrogen-bond donors (Lipinski definition) is 1. The molecule has 0 atom stereocenters. The molecule has 2 N–H and O–H groups in total. The highest BCUT2D eigenvalue weighted by molar-refractivity contribution is 5.46. The second-order valence-electron chi connectivity index (χ2n) is 2.92. The van der Waals surface area contributed by atoms with Crippen LogP contribution in [0.5, 0.6) is 11.5 Å². The number of benzene rings is 1. The molecule has 0 unspecified atom stereocenters. The average molecular weight is 195 g/mol. The van der Waals surface area contributed by atoms with Gasteiger partial charge in [0.2, 0.25) is 0 Å². The molecule has 1 rings (SSSR count). The summed E-state index contributed by atoms with van der Waals surface area (Å²) in [5.41, 5.74) is 6.63. The molecule has 0 aliphatic rings. The fourth-order valence-corrected chi connectivity index (χ4v) is 1.38. The van der Waals surface area contributed by atoms with Crippen LogP contribution in [0.4, 0.5) is 0 Å². The van der Waals surface area contributed by atoms with E-state index < -0.39 is 0 Å². The predicted octanol–water partition coefficient (Wildman–Crippen LogP) is 1.60. The summed E-state index contributed by atoms with van der Waals surface area (Å²) in [5.74, 6) is 1.60. The van der Waals surface area contributed by atoms with E-state index in [1.807, 2.05) is 25.1 Å². The zero-order valence-electron chi connectivity index (χ0n) is 8.75. The zero-order chi connectivity index (χ0) is 10.4. The van der Waals surface area contributed by atoms with E-state index in [0.717, 1.165) is 23.5 Å². The van der Waals surface area contributed by atoms with E-state index in [1.54, 1.807) is 7.11 Å². The molecule has 0 aromatic heterocycles. The summed E-state index contributed by atoms with van der Waals surface area (Å²) in [6, 6.07) is 5.86. The Morgan fingerprint density at radius 1 is 1.36 bits per heavy atom. The maximum atomic E-state index is 5.53. The van der Waals surface area contributed by atoms with Crippen molar-refractivity contribution in [3.8, 4) is 11.5 Å². The monoisotopic (exact) mass is 195 g/mol. The van der Waals surface area contributed by atoms with Crippen LogP contribution in [-0.2, 0) is 6.42 Å². The van der Waals surface area contributed by atoms with Gasteiger partial charge < -0.3 is 15.2 Å². The SMILES string of the molecule is CCOc1c(CCN)cccc1OC. The van der Waals surface area contributed by atoms with Crippen molar-refractivity contribution in [2.24, 2.45) is 5.73 Å². The second-order valence-corrected chi connectivity index (χ2v) is 2.92. The molecular formula is C11H17NO2. The van der Waals surface area contributed by atoms with Gasteiger partial charge in [-0.25, -0.2) is 0 Å². The van der Waals surface area contributed by atoms with Crippen molar-refractivity contribution in [3.05, 3.63) is 23.8 Å². The Morgan fingerprint density at radius 3 is 2.71 bits per heavy atom. The van der Waals surface area contributed by atoms with Gasteiger partial charge in [0.1, 0.15) is 0 Å². The van der Waals surface area contributed by atoms with E-state index in [2.05, 4.69) is 0 Å². The third-order valence-corrected chi connectivity index (χ3v) is 1.98. The molecule has 78 valence electrons. The van der Waals surface area contributed by atoms with E-state index in [0.29, 0.717) is 13.2 Å². The first kappa shape index (κ1) is 10.9. The van der Waals surface area contributed by atoms with Crippen molar-refractivity contribution in [3.63, 3.8) is 0 Å². The van der Waals surface area contributed by atoms with E-state index in [9.17, 15) is 0 Å². The number of rotatable bonds is 5. The number of para-hydroxylation sites is 1. The van der Waals surface area contributed by atoms with Gasteiger partial charge in [-0.3, -0.25) is 0 Å². The van der Waals surface area contributed by atoms with Crippen molar-refractivity contribution in [1.29, 1.82) is 0 Å². The lowest BCUT2D eigenvalue weighted by atomic mass is 10.1. The Morgan fingerprint density at radius 2 is 2.14 bits per heavy atom. The molecule has 1 aromatic rings. The highest BCUT2D eigenvalue weighted by atomic mass is 16.5. The first-order valence-electron chi connectivity index (χ1n) is 4.82. The van der Waals surface area contributed by atoms with Crippen molar-refractivity contribution >= 4 is 0 Å². The van der Waals surface area contributed by atoms with Gasteiger partial charge in [-0.05, 0) is 31.5 Å². The fraction of sp³-hybridized carbons (Fsp3) is 0.455. The molecule has 0 spiro atoms. The Kier molecular flexibility index (Phi) is 4.26. The molecule has 3 nitrogen and oxygen atoms in total. The van der Waals surface area contributed by atoms with Crippen molar-refractivity contribution in [2.45, 2.75) is 13.3 Å². The Hall–Kier alpha value is -1.22. The van der Waals surface area contributed by atoms with Gasteiger partial charge in [-0.1, -0.05) is 12.1 Å². The zero-order valence-corrected chi connectivity index (χ0v) is 8.75. The maximum absolute atomic E-state index is 5.53. The van der Waals surface area contributed by atoms with Crippen LogP contribution in [0.1, 0.15) is 12.5 Å². The first-order chi connectivity index (χ1) is 6.83. The van der Waals surface area contributed by atoms with Crippen molar-refractivity contribution in [1.82, 2.24) is 0 Å². The lowest BCUT2D eigenvalue weighted by Crippen LogP contribution is -2.06. The normalized spacial score (nSPS) is 9.93. The lowest BCUT2D eigenvalue weighted by Gasteiger charge is -2.13. The van der Waals surface area contributed by atoms with E-state index in [1.165, 1.54) is 0 Å². The van der Waals surface area contributed by atoms with E-state index in [4.69, 9.17) is 15.2 Å². The predicted molar refractivity (Wildman–Crippen MR) is 56.9 cm³/mol. The molecule has 0 amide bonds. The number of methoxy groups -OCH3 is 1. The van der Waals surface area contributed by atoms with Crippen LogP contribution in [0.2, 0.25) is 0 Å².